The van der Waals surface area contributed by atoms with Gasteiger partial charge in [0.05, 0.1) is 12.7 Å². The van der Waals surface area contributed by atoms with Gasteiger partial charge in [-0.25, -0.2) is 0 Å². The highest BCUT2D eigenvalue weighted by molar-refractivity contribution is 4.65. The minimum Gasteiger partial charge on any atom is -0.391 e. The third-order valence-electron chi connectivity index (χ3n) is 4.74. The first kappa shape index (κ1) is 19.9. The van der Waals surface area contributed by atoms with E-state index in [-0.39, 0.29) is 6.10 Å². The first-order chi connectivity index (χ1) is 9.58. The van der Waals surface area contributed by atoms with Gasteiger partial charge in [0.2, 0.25) is 0 Å². The van der Waals surface area contributed by atoms with E-state index >= 15 is 0 Å². The van der Waals surface area contributed by atoms with Gasteiger partial charge in [0.25, 0.3) is 0 Å². The van der Waals surface area contributed by atoms with Gasteiger partial charge in [-0.1, -0.05) is 66.7 Å². The minimum absolute atomic E-state index is 0.283. The summed E-state index contributed by atoms with van der Waals surface area (Å²) < 4.78 is 5.74. The molecule has 2 heteroatoms. The number of aliphatic hydroxyl groups excluding tert-OH is 1. The fraction of sp³-hybridized carbons (Fsp3) is 1.00. The Labute approximate surface area is 127 Å². The van der Waals surface area contributed by atoms with Crippen LogP contribution in [-0.4, -0.2) is 24.4 Å². The van der Waals surface area contributed by atoms with E-state index in [9.17, 15) is 5.11 Å². The largest absolute Gasteiger partial charge is 0.391 e. The first-order valence-corrected chi connectivity index (χ1v) is 8.84. The summed E-state index contributed by atoms with van der Waals surface area (Å²) in [5, 5.41) is 9.98. The van der Waals surface area contributed by atoms with Gasteiger partial charge >= 0.3 is 0 Å². The van der Waals surface area contributed by atoms with Crippen LogP contribution in [0.2, 0.25) is 0 Å². The summed E-state index contributed by atoms with van der Waals surface area (Å²) in [6.45, 7) is 12.6. The smallest absolute Gasteiger partial charge is 0.0773 e. The molecule has 0 aromatic carbocycles. The lowest BCUT2D eigenvalue weighted by atomic mass is 9.88. The number of aliphatic hydroxyl groups is 1. The van der Waals surface area contributed by atoms with Crippen molar-refractivity contribution in [3.8, 4) is 0 Å². The van der Waals surface area contributed by atoms with Crippen molar-refractivity contribution in [1.82, 2.24) is 0 Å². The molecule has 0 rings (SSSR count). The standard InChI is InChI=1S/C18H38O2/c1-6-10-17(9-4)15(5)13-20-14-18(19)12-11-16(7-2)8-3/h15-19H,6-14H2,1-5H3. The highest BCUT2D eigenvalue weighted by Crippen LogP contribution is 2.21. The molecule has 0 fully saturated rings. The molecule has 0 bridgehead atoms. The van der Waals surface area contributed by atoms with Crippen LogP contribution in [0.4, 0.5) is 0 Å². The van der Waals surface area contributed by atoms with Gasteiger partial charge in [0, 0.05) is 6.61 Å². The second-order valence-corrected chi connectivity index (χ2v) is 6.39. The number of hydrogen-bond acceptors (Lipinski definition) is 2. The summed E-state index contributed by atoms with van der Waals surface area (Å²) in [6, 6.07) is 0. The van der Waals surface area contributed by atoms with Crippen LogP contribution in [0.1, 0.15) is 79.6 Å². The van der Waals surface area contributed by atoms with Crippen LogP contribution in [0.5, 0.6) is 0 Å². The lowest BCUT2D eigenvalue weighted by Gasteiger charge is -2.23. The maximum absolute atomic E-state index is 9.98. The molecule has 0 aromatic rings. The van der Waals surface area contributed by atoms with Crippen molar-refractivity contribution in [2.45, 2.75) is 85.7 Å². The molecule has 0 aliphatic carbocycles. The zero-order chi connectivity index (χ0) is 15.4. The first-order valence-electron chi connectivity index (χ1n) is 8.84. The summed E-state index contributed by atoms with van der Waals surface area (Å²) in [6.07, 6.45) is 7.93. The van der Waals surface area contributed by atoms with Gasteiger partial charge in [-0.3, -0.25) is 0 Å². The van der Waals surface area contributed by atoms with Gasteiger partial charge in [-0.15, -0.1) is 0 Å². The van der Waals surface area contributed by atoms with Crippen molar-refractivity contribution in [2.75, 3.05) is 13.2 Å². The SMILES string of the molecule is CCCC(CC)C(C)COCC(O)CCC(CC)CC. The lowest BCUT2D eigenvalue weighted by molar-refractivity contribution is 0.00780. The molecule has 0 aromatic heterocycles. The molecule has 0 saturated heterocycles. The minimum atomic E-state index is -0.283. The van der Waals surface area contributed by atoms with Crippen LogP contribution in [0.15, 0.2) is 0 Å². The van der Waals surface area contributed by atoms with Crippen molar-refractivity contribution in [1.29, 1.82) is 0 Å². The fourth-order valence-electron chi connectivity index (χ4n) is 3.00. The molecule has 0 aliphatic heterocycles. The molecule has 2 nitrogen and oxygen atoms in total. The van der Waals surface area contributed by atoms with Crippen molar-refractivity contribution >= 4 is 0 Å². The normalized spacial score (nSPS) is 16.4. The molecule has 1 N–H and O–H groups in total. The molecule has 20 heavy (non-hydrogen) atoms. The second-order valence-electron chi connectivity index (χ2n) is 6.39. The Balaban J connectivity index is 3.76. The van der Waals surface area contributed by atoms with Crippen LogP contribution in [-0.2, 0) is 4.74 Å². The Hall–Kier alpha value is -0.0800. The maximum atomic E-state index is 9.98. The molecule has 3 atom stereocenters. The third kappa shape index (κ3) is 8.97. The maximum Gasteiger partial charge on any atom is 0.0773 e. The van der Waals surface area contributed by atoms with Crippen LogP contribution >= 0.6 is 0 Å². The van der Waals surface area contributed by atoms with Crippen molar-refractivity contribution < 1.29 is 9.84 Å². The topological polar surface area (TPSA) is 29.5 Å². The van der Waals surface area contributed by atoms with Gasteiger partial charge in [0.15, 0.2) is 0 Å². The zero-order valence-electron chi connectivity index (χ0n) is 14.5. The van der Waals surface area contributed by atoms with Crippen LogP contribution in [0, 0.1) is 17.8 Å². The zero-order valence-corrected chi connectivity index (χ0v) is 14.5. The summed E-state index contributed by atoms with van der Waals surface area (Å²) in [5.41, 5.74) is 0. The quantitative estimate of drug-likeness (QED) is 0.514. The second kappa shape index (κ2) is 12.6. The Morgan fingerprint density at radius 1 is 0.850 bits per heavy atom. The van der Waals surface area contributed by atoms with Gasteiger partial charge < -0.3 is 9.84 Å². The van der Waals surface area contributed by atoms with Gasteiger partial charge in [0.1, 0.15) is 0 Å². The molecule has 0 heterocycles. The van der Waals surface area contributed by atoms with Crippen LogP contribution in [0.3, 0.4) is 0 Å². The Kier molecular flexibility index (Phi) is 12.6. The molecule has 0 spiro atoms. The average molecular weight is 286 g/mol. The molecule has 0 radical (unpaired) electrons. The summed E-state index contributed by atoms with van der Waals surface area (Å²) in [5.74, 6) is 2.13. The average Bonchev–Trinajstić information content (AvgIpc) is 2.45. The van der Waals surface area contributed by atoms with Crippen molar-refractivity contribution in [2.24, 2.45) is 17.8 Å². The number of hydrogen-bond donors (Lipinski definition) is 1. The molecular weight excluding hydrogens is 248 g/mol. The Morgan fingerprint density at radius 3 is 2.00 bits per heavy atom. The van der Waals surface area contributed by atoms with E-state index < -0.39 is 0 Å². The van der Waals surface area contributed by atoms with E-state index in [2.05, 4.69) is 34.6 Å². The van der Waals surface area contributed by atoms with Crippen LogP contribution in [0.25, 0.3) is 0 Å². The van der Waals surface area contributed by atoms with E-state index in [1.807, 2.05) is 0 Å². The summed E-state index contributed by atoms with van der Waals surface area (Å²) >= 11 is 0. The molecule has 0 amide bonds. The Bertz CT molecular complexity index is 202. The van der Waals surface area contributed by atoms with E-state index in [1.165, 1.54) is 32.1 Å². The van der Waals surface area contributed by atoms with Crippen molar-refractivity contribution in [3.63, 3.8) is 0 Å². The van der Waals surface area contributed by atoms with Gasteiger partial charge in [-0.2, -0.15) is 0 Å². The van der Waals surface area contributed by atoms with E-state index in [1.54, 1.807) is 0 Å². The summed E-state index contributed by atoms with van der Waals surface area (Å²) in [4.78, 5) is 0. The number of rotatable bonds is 13. The fourth-order valence-corrected chi connectivity index (χ4v) is 3.00. The predicted molar refractivity (Wildman–Crippen MR) is 88.0 cm³/mol. The van der Waals surface area contributed by atoms with Crippen molar-refractivity contribution in [3.05, 3.63) is 0 Å². The molecule has 122 valence electrons. The molecule has 0 aliphatic rings. The molecular formula is C18H38O2. The monoisotopic (exact) mass is 286 g/mol. The highest BCUT2D eigenvalue weighted by atomic mass is 16.5. The molecule has 0 saturated carbocycles. The number of ether oxygens (including phenoxy) is 1. The van der Waals surface area contributed by atoms with E-state index in [0.29, 0.717) is 12.5 Å². The van der Waals surface area contributed by atoms with E-state index in [4.69, 9.17) is 4.74 Å². The summed E-state index contributed by atoms with van der Waals surface area (Å²) in [7, 11) is 0. The van der Waals surface area contributed by atoms with Crippen LogP contribution < -0.4 is 0 Å². The predicted octanol–water partition coefficient (Wildman–Crippen LogP) is 5.04. The van der Waals surface area contributed by atoms with E-state index in [0.717, 1.165) is 31.3 Å². The highest BCUT2D eigenvalue weighted by Gasteiger charge is 2.15. The third-order valence-corrected chi connectivity index (χ3v) is 4.74. The Morgan fingerprint density at radius 2 is 1.50 bits per heavy atom. The molecule has 3 unspecified atom stereocenters. The lowest BCUT2D eigenvalue weighted by Crippen LogP contribution is -2.22. The van der Waals surface area contributed by atoms with Gasteiger partial charge in [-0.05, 0) is 30.6 Å².